The van der Waals surface area contributed by atoms with Gasteiger partial charge in [-0.25, -0.2) is 5.43 Å². The molecule has 2 N–H and O–H groups in total. The number of hydrogen-bond donors (Lipinski definition) is 2. The van der Waals surface area contributed by atoms with Gasteiger partial charge in [0.2, 0.25) is 0 Å². The van der Waals surface area contributed by atoms with E-state index in [1.165, 1.54) is 12.1 Å². The van der Waals surface area contributed by atoms with Crippen molar-refractivity contribution in [2.24, 2.45) is 11.0 Å². The third-order valence-corrected chi connectivity index (χ3v) is 4.81. The smallest absolute Gasteiger partial charge is 0.262 e. The van der Waals surface area contributed by atoms with Gasteiger partial charge < -0.3 is 10.1 Å². The monoisotopic (exact) mass is 435 g/mol. The molecule has 29 heavy (non-hydrogen) atoms. The molecular weight excluding hydrogens is 413 g/mol. The summed E-state index contributed by atoms with van der Waals surface area (Å²) in [7, 11) is 1.60. The average molecular weight is 436 g/mol. The number of hydrazone groups is 1. The van der Waals surface area contributed by atoms with E-state index in [0.29, 0.717) is 5.02 Å². The van der Waals surface area contributed by atoms with Gasteiger partial charge in [-0.05, 0) is 60.4 Å². The van der Waals surface area contributed by atoms with E-state index in [1.54, 1.807) is 19.4 Å². The van der Waals surface area contributed by atoms with E-state index in [2.05, 4.69) is 15.8 Å². The van der Waals surface area contributed by atoms with Gasteiger partial charge in [0, 0.05) is 5.02 Å². The zero-order valence-corrected chi connectivity index (χ0v) is 18.1. The number of aryl methyl sites for hydroxylation is 1. The summed E-state index contributed by atoms with van der Waals surface area (Å²) < 4.78 is 5.17. The number of ether oxygens (including phenoxy) is 1. The van der Waals surface area contributed by atoms with Gasteiger partial charge >= 0.3 is 0 Å². The second-order valence-electron chi connectivity index (χ2n) is 6.78. The van der Waals surface area contributed by atoms with Gasteiger partial charge in [0.05, 0.1) is 23.9 Å². The Bertz CT molecular complexity index is 929. The highest BCUT2D eigenvalue weighted by atomic mass is 35.5. The number of methoxy groups -OCH3 is 1. The average Bonchev–Trinajstić information content (AvgIpc) is 2.66. The standard InChI is InChI=1S/C21H23Cl2N3O3/c1-12(2)19(25-20(27)17-8-6-15(22)10-18(17)23)21(28)26-24-11-14-5-7-16(29-4)9-13(14)3/h5-12,19H,1-4H3,(H,25,27)(H,26,28)/b24-11+. The van der Waals surface area contributed by atoms with Gasteiger partial charge in [0.25, 0.3) is 11.8 Å². The zero-order valence-electron chi connectivity index (χ0n) is 16.6. The summed E-state index contributed by atoms with van der Waals surface area (Å²) >= 11 is 11.9. The Labute approximate surface area is 180 Å². The molecule has 0 aliphatic rings. The molecule has 154 valence electrons. The van der Waals surface area contributed by atoms with Gasteiger partial charge in [0.1, 0.15) is 11.8 Å². The lowest BCUT2D eigenvalue weighted by Gasteiger charge is -2.20. The Balaban J connectivity index is 2.06. The van der Waals surface area contributed by atoms with Crippen LogP contribution in [0.25, 0.3) is 0 Å². The molecule has 2 rings (SSSR count). The van der Waals surface area contributed by atoms with Crippen LogP contribution in [-0.4, -0.2) is 31.2 Å². The maximum atomic E-state index is 12.6. The van der Waals surface area contributed by atoms with Crippen LogP contribution < -0.4 is 15.5 Å². The molecular formula is C21H23Cl2N3O3. The fraction of sp³-hybridized carbons (Fsp3) is 0.286. The fourth-order valence-corrected chi connectivity index (χ4v) is 3.08. The number of benzene rings is 2. The van der Waals surface area contributed by atoms with Gasteiger partial charge in [0.15, 0.2) is 0 Å². The first-order valence-corrected chi connectivity index (χ1v) is 9.72. The normalized spacial score (nSPS) is 12.1. The molecule has 0 saturated heterocycles. The van der Waals surface area contributed by atoms with E-state index in [9.17, 15) is 9.59 Å². The molecule has 0 aliphatic heterocycles. The summed E-state index contributed by atoms with van der Waals surface area (Å²) in [5, 5.41) is 7.35. The van der Waals surface area contributed by atoms with Crippen LogP contribution in [0.1, 0.15) is 35.3 Å². The summed E-state index contributed by atoms with van der Waals surface area (Å²) in [5.74, 6) is -0.313. The Hall–Kier alpha value is -2.57. The highest BCUT2D eigenvalue weighted by molar-refractivity contribution is 6.36. The van der Waals surface area contributed by atoms with E-state index in [-0.39, 0.29) is 16.5 Å². The second-order valence-corrected chi connectivity index (χ2v) is 7.62. The third kappa shape index (κ3) is 6.21. The van der Waals surface area contributed by atoms with Gasteiger partial charge in [-0.3, -0.25) is 9.59 Å². The lowest BCUT2D eigenvalue weighted by molar-refractivity contribution is -0.123. The number of halogens is 2. The maximum absolute atomic E-state index is 12.6. The first-order valence-electron chi connectivity index (χ1n) is 8.96. The summed E-state index contributed by atoms with van der Waals surface area (Å²) in [6, 6.07) is 9.29. The highest BCUT2D eigenvalue weighted by Crippen LogP contribution is 2.21. The van der Waals surface area contributed by atoms with E-state index >= 15 is 0 Å². The molecule has 6 nitrogen and oxygen atoms in total. The quantitative estimate of drug-likeness (QED) is 0.504. The van der Waals surface area contributed by atoms with Gasteiger partial charge in [-0.1, -0.05) is 37.0 Å². The molecule has 0 spiro atoms. The lowest BCUT2D eigenvalue weighted by Crippen LogP contribution is -2.48. The van der Waals surface area contributed by atoms with Gasteiger partial charge in [-0.15, -0.1) is 0 Å². The molecule has 0 saturated carbocycles. The minimum absolute atomic E-state index is 0.164. The SMILES string of the molecule is COc1ccc(/C=N/NC(=O)C(NC(=O)c2ccc(Cl)cc2Cl)C(C)C)c(C)c1. The Morgan fingerprint density at radius 1 is 1.14 bits per heavy atom. The summed E-state index contributed by atoms with van der Waals surface area (Å²) in [5.41, 5.74) is 4.51. The molecule has 0 fully saturated rings. The van der Waals surface area contributed by atoms with Crippen molar-refractivity contribution in [1.29, 1.82) is 0 Å². The van der Waals surface area contributed by atoms with Crippen LogP contribution in [-0.2, 0) is 4.79 Å². The molecule has 0 bridgehead atoms. The number of carbonyl (C=O) groups is 2. The fourth-order valence-electron chi connectivity index (χ4n) is 2.58. The van der Waals surface area contributed by atoms with Crippen LogP contribution in [0.3, 0.4) is 0 Å². The predicted octanol–water partition coefficient (Wildman–Crippen LogP) is 4.22. The van der Waals surface area contributed by atoms with Gasteiger partial charge in [-0.2, -0.15) is 5.10 Å². The lowest BCUT2D eigenvalue weighted by atomic mass is 10.0. The maximum Gasteiger partial charge on any atom is 0.262 e. The topological polar surface area (TPSA) is 79.8 Å². The third-order valence-electron chi connectivity index (χ3n) is 4.27. The molecule has 1 atom stereocenters. The number of nitrogens with one attached hydrogen (secondary N) is 2. The minimum atomic E-state index is -0.789. The van der Waals surface area contributed by atoms with Crippen molar-refractivity contribution < 1.29 is 14.3 Å². The number of nitrogens with zero attached hydrogens (tertiary/aromatic N) is 1. The summed E-state index contributed by atoms with van der Waals surface area (Å²) in [6.07, 6.45) is 1.54. The van der Waals surface area contributed by atoms with Crippen molar-refractivity contribution in [1.82, 2.24) is 10.7 Å². The number of rotatable bonds is 7. The Morgan fingerprint density at radius 2 is 1.86 bits per heavy atom. The first kappa shape index (κ1) is 22.7. The summed E-state index contributed by atoms with van der Waals surface area (Å²) in [4.78, 5) is 25.1. The Kier molecular flexibility index (Phi) is 8.05. The molecule has 0 heterocycles. The van der Waals surface area contributed by atoms with Crippen LogP contribution in [0.5, 0.6) is 5.75 Å². The van der Waals surface area contributed by atoms with Crippen molar-refractivity contribution >= 4 is 41.2 Å². The minimum Gasteiger partial charge on any atom is -0.497 e. The van der Waals surface area contributed by atoms with E-state index in [0.717, 1.165) is 16.9 Å². The van der Waals surface area contributed by atoms with Crippen molar-refractivity contribution in [3.05, 3.63) is 63.1 Å². The highest BCUT2D eigenvalue weighted by Gasteiger charge is 2.25. The molecule has 0 aliphatic carbocycles. The second kappa shape index (κ2) is 10.3. The van der Waals surface area contributed by atoms with E-state index in [1.807, 2.05) is 39.0 Å². The van der Waals surface area contributed by atoms with Crippen LogP contribution >= 0.6 is 23.2 Å². The molecule has 1 unspecified atom stereocenters. The molecule has 8 heteroatoms. The van der Waals surface area contributed by atoms with Crippen molar-refractivity contribution in [2.75, 3.05) is 7.11 Å². The largest absolute Gasteiger partial charge is 0.497 e. The van der Waals surface area contributed by atoms with Crippen molar-refractivity contribution in [3.8, 4) is 5.75 Å². The number of carbonyl (C=O) groups excluding carboxylic acids is 2. The van der Waals surface area contributed by atoms with Crippen molar-refractivity contribution in [2.45, 2.75) is 26.8 Å². The summed E-state index contributed by atoms with van der Waals surface area (Å²) in [6.45, 7) is 5.56. The van der Waals surface area contributed by atoms with Crippen LogP contribution in [0.2, 0.25) is 10.0 Å². The first-order chi connectivity index (χ1) is 13.7. The van der Waals surface area contributed by atoms with E-state index in [4.69, 9.17) is 27.9 Å². The molecule has 2 aromatic carbocycles. The van der Waals surface area contributed by atoms with Crippen LogP contribution in [0.4, 0.5) is 0 Å². The number of hydrogen-bond acceptors (Lipinski definition) is 4. The number of amides is 2. The zero-order chi connectivity index (χ0) is 21.6. The molecule has 0 radical (unpaired) electrons. The molecule has 0 aromatic heterocycles. The van der Waals surface area contributed by atoms with E-state index < -0.39 is 17.9 Å². The van der Waals surface area contributed by atoms with Crippen LogP contribution in [0.15, 0.2) is 41.5 Å². The van der Waals surface area contributed by atoms with Crippen LogP contribution in [0, 0.1) is 12.8 Å². The predicted molar refractivity (Wildman–Crippen MR) is 116 cm³/mol. The Morgan fingerprint density at radius 3 is 2.45 bits per heavy atom. The molecule has 2 amide bonds. The van der Waals surface area contributed by atoms with Crippen molar-refractivity contribution in [3.63, 3.8) is 0 Å². The molecule has 2 aromatic rings.